The van der Waals surface area contributed by atoms with Gasteiger partial charge in [0, 0.05) is 13.6 Å². The summed E-state index contributed by atoms with van der Waals surface area (Å²) in [5.74, 6) is 0.713. The van der Waals surface area contributed by atoms with E-state index in [0.717, 1.165) is 23.6 Å². The number of ether oxygens (including phenoxy) is 1. The van der Waals surface area contributed by atoms with Gasteiger partial charge in [-0.15, -0.1) is 0 Å². The van der Waals surface area contributed by atoms with Crippen LogP contribution in [0.25, 0.3) is 11.0 Å². The molecule has 4 heterocycles. The summed E-state index contributed by atoms with van der Waals surface area (Å²) < 4.78 is 8.28. The minimum absolute atomic E-state index is 0.318. The molecule has 2 bridgehead atoms. The summed E-state index contributed by atoms with van der Waals surface area (Å²) in [4.78, 5) is 7.12. The molecule has 3 aliphatic rings. The maximum Gasteiger partial charge on any atom is 0.297 e. The van der Waals surface area contributed by atoms with Gasteiger partial charge >= 0.3 is 0 Å². The molecule has 19 heavy (non-hydrogen) atoms. The molecule has 0 N–H and O–H groups in total. The van der Waals surface area contributed by atoms with Crippen molar-refractivity contribution in [2.45, 2.75) is 18.9 Å². The van der Waals surface area contributed by atoms with Crippen LogP contribution in [0.15, 0.2) is 24.3 Å². The van der Waals surface area contributed by atoms with Gasteiger partial charge < -0.3 is 4.74 Å². The molecule has 4 heteroatoms. The van der Waals surface area contributed by atoms with Gasteiger partial charge in [0.25, 0.3) is 6.01 Å². The Balaban J connectivity index is 1.63. The molecule has 0 aliphatic carbocycles. The lowest BCUT2D eigenvalue weighted by molar-refractivity contribution is -0.0134. The minimum Gasteiger partial charge on any atom is -0.460 e. The molecule has 5 rings (SSSR count). The average Bonchev–Trinajstić information content (AvgIpc) is 2.77. The van der Waals surface area contributed by atoms with Crippen molar-refractivity contribution < 1.29 is 4.74 Å². The Morgan fingerprint density at radius 3 is 2.68 bits per heavy atom. The molecule has 1 aromatic heterocycles. The third-order valence-corrected chi connectivity index (χ3v) is 4.60. The number of imidazole rings is 1. The van der Waals surface area contributed by atoms with Gasteiger partial charge in [0.2, 0.25) is 0 Å². The summed E-state index contributed by atoms with van der Waals surface area (Å²) in [5, 5.41) is 0. The quantitative estimate of drug-likeness (QED) is 0.825. The van der Waals surface area contributed by atoms with Gasteiger partial charge in [0.15, 0.2) is 0 Å². The predicted octanol–water partition coefficient (Wildman–Crippen LogP) is 2.05. The molecule has 0 spiro atoms. The van der Waals surface area contributed by atoms with Crippen molar-refractivity contribution in [1.29, 1.82) is 0 Å². The average molecular weight is 257 g/mol. The zero-order chi connectivity index (χ0) is 12.8. The van der Waals surface area contributed by atoms with Gasteiger partial charge in [-0.05, 0) is 44.0 Å². The van der Waals surface area contributed by atoms with Crippen LogP contribution >= 0.6 is 0 Å². The Hall–Kier alpha value is -1.55. The topological polar surface area (TPSA) is 30.3 Å². The Morgan fingerprint density at radius 1 is 1.21 bits per heavy atom. The summed E-state index contributed by atoms with van der Waals surface area (Å²) in [6.45, 7) is 3.55. The molecule has 0 amide bonds. The first-order chi connectivity index (χ1) is 9.31. The van der Waals surface area contributed by atoms with Crippen molar-refractivity contribution in [2.24, 2.45) is 13.0 Å². The van der Waals surface area contributed by atoms with Crippen molar-refractivity contribution in [3.05, 3.63) is 24.3 Å². The molecule has 1 unspecified atom stereocenters. The Labute approximate surface area is 113 Å². The second-order valence-electron chi connectivity index (χ2n) is 5.74. The SMILES string of the molecule is Cn1c(OC2CN3CCC2CC3)nc2ccccc21. The summed E-state index contributed by atoms with van der Waals surface area (Å²) >= 11 is 0. The fourth-order valence-corrected chi connectivity index (χ4v) is 3.41. The second kappa shape index (κ2) is 4.23. The minimum atomic E-state index is 0.318. The largest absolute Gasteiger partial charge is 0.460 e. The monoisotopic (exact) mass is 257 g/mol. The van der Waals surface area contributed by atoms with Gasteiger partial charge in [-0.3, -0.25) is 9.47 Å². The van der Waals surface area contributed by atoms with E-state index >= 15 is 0 Å². The first-order valence-electron chi connectivity index (χ1n) is 7.12. The molecular formula is C15H19N3O. The number of rotatable bonds is 2. The highest BCUT2D eigenvalue weighted by molar-refractivity contribution is 5.76. The Bertz CT molecular complexity index is 598. The van der Waals surface area contributed by atoms with Gasteiger partial charge in [-0.25, -0.2) is 0 Å². The van der Waals surface area contributed by atoms with E-state index < -0.39 is 0 Å². The van der Waals surface area contributed by atoms with Crippen LogP contribution in [0.4, 0.5) is 0 Å². The van der Waals surface area contributed by atoms with E-state index in [4.69, 9.17) is 4.74 Å². The molecule has 4 nitrogen and oxygen atoms in total. The molecule has 3 saturated heterocycles. The van der Waals surface area contributed by atoms with Crippen LogP contribution in [0, 0.1) is 5.92 Å². The fourth-order valence-electron chi connectivity index (χ4n) is 3.41. The Morgan fingerprint density at radius 2 is 2.00 bits per heavy atom. The Kier molecular flexibility index (Phi) is 2.52. The van der Waals surface area contributed by atoms with Gasteiger partial charge in [0.05, 0.1) is 11.0 Å². The maximum atomic E-state index is 6.22. The number of piperidine rings is 3. The van der Waals surface area contributed by atoms with Crippen LogP contribution < -0.4 is 4.74 Å². The lowest BCUT2D eigenvalue weighted by Crippen LogP contribution is -2.52. The summed E-state index contributed by atoms with van der Waals surface area (Å²) in [7, 11) is 2.03. The van der Waals surface area contributed by atoms with Gasteiger partial charge in [-0.1, -0.05) is 12.1 Å². The number of aryl methyl sites for hydroxylation is 1. The summed E-state index contributed by atoms with van der Waals surface area (Å²) in [6.07, 6.45) is 2.86. The zero-order valence-electron chi connectivity index (χ0n) is 11.2. The number of hydrogen-bond acceptors (Lipinski definition) is 3. The molecule has 100 valence electrons. The number of fused-ring (bicyclic) bond motifs is 4. The van der Waals surface area contributed by atoms with Crippen molar-refractivity contribution in [3.8, 4) is 6.01 Å². The lowest BCUT2D eigenvalue weighted by Gasteiger charge is -2.44. The lowest BCUT2D eigenvalue weighted by atomic mass is 9.86. The number of aromatic nitrogens is 2. The number of benzene rings is 1. The normalized spacial score (nSPS) is 29.8. The van der Waals surface area contributed by atoms with Crippen LogP contribution in [0.3, 0.4) is 0 Å². The third-order valence-electron chi connectivity index (χ3n) is 4.60. The second-order valence-corrected chi connectivity index (χ2v) is 5.74. The summed E-state index contributed by atoms with van der Waals surface area (Å²) in [5.41, 5.74) is 2.15. The van der Waals surface area contributed by atoms with Crippen molar-refractivity contribution in [1.82, 2.24) is 14.5 Å². The molecule has 3 fully saturated rings. The van der Waals surface area contributed by atoms with E-state index in [1.807, 2.05) is 25.2 Å². The number of hydrogen-bond donors (Lipinski definition) is 0. The molecule has 3 aliphatic heterocycles. The van der Waals surface area contributed by atoms with Gasteiger partial charge in [0.1, 0.15) is 6.10 Å². The first-order valence-corrected chi connectivity index (χ1v) is 7.12. The number of nitrogens with zero attached hydrogens (tertiary/aromatic N) is 3. The van der Waals surface area contributed by atoms with E-state index in [1.165, 1.54) is 25.9 Å². The smallest absolute Gasteiger partial charge is 0.297 e. The van der Waals surface area contributed by atoms with E-state index in [9.17, 15) is 0 Å². The molecule has 2 aromatic rings. The highest BCUT2D eigenvalue weighted by Gasteiger charge is 2.36. The van der Waals surface area contributed by atoms with E-state index in [1.54, 1.807) is 0 Å². The van der Waals surface area contributed by atoms with Crippen LogP contribution in [0.5, 0.6) is 6.01 Å². The van der Waals surface area contributed by atoms with Crippen molar-refractivity contribution in [3.63, 3.8) is 0 Å². The van der Waals surface area contributed by atoms with E-state index in [0.29, 0.717) is 12.0 Å². The molecule has 1 aromatic carbocycles. The van der Waals surface area contributed by atoms with E-state index in [2.05, 4.69) is 20.5 Å². The number of para-hydroxylation sites is 2. The fraction of sp³-hybridized carbons (Fsp3) is 0.533. The third kappa shape index (κ3) is 1.82. The van der Waals surface area contributed by atoms with Crippen LogP contribution in [-0.4, -0.2) is 40.2 Å². The van der Waals surface area contributed by atoms with Crippen molar-refractivity contribution >= 4 is 11.0 Å². The predicted molar refractivity (Wildman–Crippen MR) is 74.3 cm³/mol. The van der Waals surface area contributed by atoms with Crippen molar-refractivity contribution in [2.75, 3.05) is 19.6 Å². The highest BCUT2D eigenvalue weighted by atomic mass is 16.5. The first kappa shape index (κ1) is 11.3. The molecule has 0 radical (unpaired) electrons. The molecule has 0 saturated carbocycles. The molecular weight excluding hydrogens is 238 g/mol. The highest BCUT2D eigenvalue weighted by Crippen LogP contribution is 2.31. The van der Waals surface area contributed by atoms with Crippen LogP contribution in [0.1, 0.15) is 12.8 Å². The summed E-state index contributed by atoms with van der Waals surface area (Å²) in [6, 6.07) is 8.96. The zero-order valence-corrected chi connectivity index (χ0v) is 11.2. The standard InChI is InChI=1S/C15H19N3O/c1-17-13-5-3-2-4-12(13)16-15(17)19-14-10-18-8-6-11(14)7-9-18/h2-5,11,14H,6-10H2,1H3. The van der Waals surface area contributed by atoms with Crippen LogP contribution in [0.2, 0.25) is 0 Å². The van der Waals surface area contributed by atoms with Crippen LogP contribution in [-0.2, 0) is 7.05 Å². The molecule has 1 atom stereocenters. The van der Waals surface area contributed by atoms with Gasteiger partial charge in [-0.2, -0.15) is 4.98 Å². The maximum absolute atomic E-state index is 6.22. The van der Waals surface area contributed by atoms with E-state index in [-0.39, 0.29) is 0 Å².